The van der Waals surface area contributed by atoms with Crippen molar-refractivity contribution in [2.75, 3.05) is 19.6 Å². The van der Waals surface area contributed by atoms with Crippen LogP contribution in [0.5, 0.6) is 0 Å². The summed E-state index contributed by atoms with van der Waals surface area (Å²) in [5, 5.41) is 0. The zero-order valence-electron chi connectivity index (χ0n) is 12.9. The smallest absolute Gasteiger partial charge is 0.248 e. The molecule has 0 aromatic carbocycles. The molecule has 0 N–H and O–H groups in total. The summed E-state index contributed by atoms with van der Waals surface area (Å²) in [5.74, 6) is 0.0225. The molecule has 1 aliphatic heterocycles. The Balaban J connectivity index is 2.00. The topological polar surface area (TPSA) is 66.4 Å². The first-order valence-corrected chi connectivity index (χ1v) is 7.31. The van der Waals surface area contributed by atoms with Gasteiger partial charge in [0.1, 0.15) is 11.9 Å². The number of nitrogens with zero attached hydrogens (tertiary/aromatic N) is 4. The van der Waals surface area contributed by atoms with E-state index in [2.05, 4.69) is 9.97 Å². The van der Waals surface area contributed by atoms with Crippen LogP contribution < -0.4 is 0 Å². The number of carbonyl (C=O) groups excluding carboxylic acids is 2. The molecule has 1 aromatic rings. The molecule has 6 nitrogen and oxygen atoms in total. The summed E-state index contributed by atoms with van der Waals surface area (Å²) in [4.78, 5) is 36.3. The van der Waals surface area contributed by atoms with Crippen molar-refractivity contribution in [3.63, 3.8) is 0 Å². The van der Waals surface area contributed by atoms with Crippen molar-refractivity contribution in [3.05, 3.63) is 24.3 Å². The molecule has 114 valence electrons. The molecule has 0 atom stereocenters. The van der Waals surface area contributed by atoms with E-state index in [1.165, 1.54) is 6.33 Å². The average molecular weight is 290 g/mol. The van der Waals surface area contributed by atoms with E-state index in [4.69, 9.17) is 0 Å². The monoisotopic (exact) mass is 290 g/mol. The number of hydrogen-bond donors (Lipinski definition) is 0. The number of aryl methyl sites for hydroxylation is 1. The first-order valence-electron chi connectivity index (χ1n) is 7.31. The Morgan fingerprint density at radius 1 is 1.38 bits per heavy atom. The van der Waals surface area contributed by atoms with Gasteiger partial charge in [0.2, 0.25) is 11.8 Å². The van der Waals surface area contributed by atoms with E-state index >= 15 is 0 Å². The van der Waals surface area contributed by atoms with Crippen LogP contribution in [0.25, 0.3) is 0 Å². The summed E-state index contributed by atoms with van der Waals surface area (Å²) < 4.78 is 0. The van der Waals surface area contributed by atoms with Gasteiger partial charge in [0, 0.05) is 37.9 Å². The van der Waals surface area contributed by atoms with E-state index in [0.717, 1.165) is 5.69 Å². The standard InChI is InChI=1S/C15H22N4O2/c1-4-18-9-10-19(15(2,3)14(18)21)13(20)6-5-12-7-8-16-11-17-12/h7-8,11H,4-6,9-10H2,1-3H3. The first-order chi connectivity index (χ1) is 9.96. The van der Waals surface area contributed by atoms with E-state index < -0.39 is 5.54 Å². The van der Waals surface area contributed by atoms with Crippen LogP contribution in [0, 0.1) is 0 Å². The number of piperazine rings is 1. The van der Waals surface area contributed by atoms with E-state index in [-0.39, 0.29) is 11.8 Å². The van der Waals surface area contributed by atoms with Gasteiger partial charge in [-0.2, -0.15) is 0 Å². The normalized spacial score (nSPS) is 18.0. The maximum Gasteiger partial charge on any atom is 0.248 e. The minimum absolute atomic E-state index is 0.00251. The number of hydrogen-bond acceptors (Lipinski definition) is 4. The van der Waals surface area contributed by atoms with Crippen molar-refractivity contribution in [1.82, 2.24) is 19.8 Å². The lowest BCUT2D eigenvalue weighted by atomic mass is 9.96. The highest BCUT2D eigenvalue weighted by atomic mass is 16.2. The zero-order chi connectivity index (χ0) is 15.5. The third-order valence-corrected chi connectivity index (χ3v) is 4.00. The van der Waals surface area contributed by atoms with Gasteiger partial charge in [0.25, 0.3) is 0 Å². The fourth-order valence-electron chi connectivity index (χ4n) is 2.68. The Bertz CT molecular complexity index is 516. The molecule has 0 bridgehead atoms. The molecule has 1 aromatic heterocycles. The molecule has 6 heteroatoms. The van der Waals surface area contributed by atoms with Crippen molar-refractivity contribution < 1.29 is 9.59 Å². The fourth-order valence-corrected chi connectivity index (χ4v) is 2.68. The SMILES string of the molecule is CCN1CCN(C(=O)CCc2ccncn2)C(C)(C)C1=O. The summed E-state index contributed by atoms with van der Waals surface area (Å²) in [6.07, 6.45) is 4.08. The van der Waals surface area contributed by atoms with E-state index in [9.17, 15) is 9.59 Å². The minimum Gasteiger partial charge on any atom is -0.339 e. The van der Waals surface area contributed by atoms with Gasteiger partial charge in [-0.3, -0.25) is 9.59 Å². The van der Waals surface area contributed by atoms with Gasteiger partial charge in [-0.05, 0) is 33.3 Å². The van der Waals surface area contributed by atoms with Crippen LogP contribution in [0.15, 0.2) is 18.6 Å². The average Bonchev–Trinajstić information content (AvgIpc) is 2.48. The number of amides is 2. The molecule has 2 amide bonds. The summed E-state index contributed by atoms with van der Waals surface area (Å²) in [6.45, 7) is 7.48. The van der Waals surface area contributed by atoms with Crippen LogP contribution in [0.2, 0.25) is 0 Å². The molecule has 0 spiro atoms. The largest absolute Gasteiger partial charge is 0.339 e. The molecule has 0 aliphatic carbocycles. The van der Waals surface area contributed by atoms with E-state index in [1.807, 2.05) is 20.8 Å². The lowest BCUT2D eigenvalue weighted by molar-refractivity contribution is -0.158. The number of aromatic nitrogens is 2. The lowest BCUT2D eigenvalue weighted by Gasteiger charge is -2.45. The number of rotatable bonds is 4. The van der Waals surface area contributed by atoms with Crippen molar-refractivity contribution in [1.29, 1.82) is 0 Å². The first kappa shape index (κ1) is 15.4. The van der Waals surface area contributed by atoms with Crippen LogP contribution in [-0.2, 0) is 16.0 Å². The maximum absolute atomic E-state index is 12.4. The number of likely N-dealkylation sites (N-methyl/N-ethyl adjacent to an activating group) is 1. The van der Waals surface area contributed by atoms with Crippen LogP contribution in [0.3, 0.4) is 0 Å². The lowest BCUT2D eigenvalue weighted by Crippen LogP contribution is -2.64. The fraction of sp³-hybridized carbons (Fsp3) is 0.600. The molecular formula is C15H22N4O2. The quantitative estimate of drug-likeness (QED) is 0.825. The Morgan fingerprint density at radius 3 is 2.76 bits per heavy atom. The highest BCUT2D eigenvalue weighted by Gasteiger charge is 2.43. The molecule has 0 radical (unpaired) electrons. The van der Waals surface area contributed by atoms with Gasteiger partial charge in [-0.1, -0.05) is 0 Å². The third-order valence-electron chi connectivity index (χ3n) is 4.00. The third kappa shape index (κ3) is 3.20. The van der Waals surface area contributed by atoms with Gasteiger partial charge >= 0.3 is 0 Å². The second kappa shape index (κ2) is 6.20. The predicted octanol–water partition coefficient (Wildman–Crippen LogP) is 0.878. The highest BCUT2D eigenvalue weighted by molar-refractivity contribution is 5.92. The molecule has 2 rings (SSSR count). The summed E-state index contributed by atoms with van der Waals surface area (Å²) >= 11 is 0. The molecule has 2 heterocycles. The highest BCUT2D eigenvalue weighted by Crippen LogP contribution is 2.23. The Kier molecular flexibility index (Phi) is 4.55. The van der Waals surface area contributed by atoms with Gasteiger partial charge in [-0.25, -0.2) is 9.97 Å². The molecule has 21 heavy (non-hydrogen) atoms. The predicted molar refractivity (Wildman–Crippen MR) is 78.4 cm³/mol. The van der Waals surface area contributed by atoms with Crippen LogP contribution in [-0.4, -0.2) is 56.8 Å². The Hall–Kier alpha value is -1.98. The summed E-state index contributed by atoms with van der Waals surface area (Å²) in [7, 11) is 0. The second-order valence-electron chi connectivity index (χ2n) is 5.69. The maximum atomic E-state index is 12.4. The Morgan fingerprint density at radius 2 is 2.14 bits per heavy atom. The Labute approximate surface area is 125 Å². The van der Waals surface area contributed by atoms with Gasteiger partial charge in [0.15, 0.2) is 0 Å². The molecule has 0 saturated carbocycles. The van der Waals surface area contributed by atoms with Crippen LogP contribution in [0.4, 0.5) is 0 Å². The molecule has 1 aliphatic rings. The van der Waals surface area contributed by atoms with Crippen molar-refractivity contribution in [3.8, 4) is 0 Å². The van der Waals surface area contributed by atoms with Crippen molar-refractivity contribution in [2.45, 2.75) is 39.2 Å². The van der Waals surface area contributed by atoms with Gasteiger partial charge in [0.05, 0.1) is 0 Å². The summed E-state index contributed by atoms with van der Waals surface area (Å²) in [6, 6.07) is 1.80. The molecule has 1 fully saturated rings. The van der Waals surface area contributed by atoms with E-state index in [1.54, 1.807) is 22.1 Å². The number of carbonyl (C=O) groups is 2. The second-order valence-corrected chi connectivity index (χ2v) is 5.69. The molecule has 1 saturated heterocycles. The summed E-state index contributed by atoms with van der Waals surface area (Å²) in [5.41, 5.74) is 0.0754. The molecular weight excluding hydrogens is 268 g/mol. The molecule has 0 unspecified atom stereocenters. The van der Waals surface area contributed by atoms with Gasteiger partial charge in [-0.15, -0.1) is 0 Å². The van der Waals surface area contributed by atoms with E-state index in [0.29, 0.717) is 32.5 Å². The van der Waals surface area contributed by atoms with Crippen molar-refractivity contribution >= 4 is 11.8 Å². The minimum atomic E-state index is -0.767. The van der Waals surface area contributed by atoms with Crippen molar-refractivity contribution in [2.24, 2.45) is 0 Å². The van der Waals surface area contributed by atoms with Crippen LogP contribution in [0.1, 0.15) is 32.9 Å². The zero-order valence-corrected chi connectivity index (χ0v) is 12.9. The van der Waals surface area contributed by atoms with Crippen LogP contribution >= 0.6 is 0 Å². The van der Waals surface area contributed by atoms with Gasteiger partial charge < -0.3 is 9.80 Å².